The fourth-order valence-electron chi connectivity index (χ4n) is 3.17. The van der Waals surface area contributed by atoms with E-state index < -0.39 is 37.1 Å². The molecule has 0 bridgehead atoms. The highest BCUT2D eigenvalue weighted by Crippen LogP contribution is 2.32. The molecule has 2 aromatic rings. The van der Waals surface area contributed by atoms with Crippen molar-refractivity contribution in [2.75, 3.05) is 6.61 Å². The van der Waals surface area contributed by atoms with Crippen molar-refractivity contribution in [2.24, 2.45) is 0 Å². The van der Waals surface area contributed by atoms with Gasteiger partial charge in [-0.05, 0) is 23.1 Å². The zero-order valence-electron chi connectivity index (χ0n) is 14.3. The molecule has 1 fully saturated rings. The quantitative estimate of drug-likeness (QED) is 0.651. The minimum absolute atomic E-state index is 0.430. The van der Waals surface area contributed by atoms with Crippen molar-refractivity contribution < 1.29 is 25.2 Å². The number of hydrogen-bond donors (Lipinski definition) is 4. The van der Waals surface area contributed by atoms with Crippen molar-refractivity contribution in [3.63, 3.8) is 0 Å². The number of benzene rings is 2. The van der Waals surface area contributed by atoms with Crippen molar-refractivity contribution in [3.05, 3.63) is 77.4 Å². The van der Waals surface area contributed by atoms with Gasteiger partial charge in [0.2, 0.25) is 0 Å². The minimum atomic E-state index is -1.37. The lowest BCUT2D eigenvalue weighted by Gasteiger charge is -2.40. The van der Waals surface area contributed by atoms with Crippen LogP contribution in [0.4, 0.5) is 0 Å². The molecule has 0 spiro atoms. The summed E-state index contributed by atoms with van der Waals surface area (Å²) in [5, 5.41) is 39.4. The molecule has 1 saturated heterocycles. The van der Waals surface area contributed by atoms with E-state index in [0.717, 1.165) is 11.1 Å². The Kier molecular flexibility index (Phi) is 6.19. The first-order valence-corrected chi connectivity index (χ1v) is 8.71. The Balaban J connectivity index is 1.73. The van der Waals surface area contributed by atoms with Crippen LogP contribution >= 0.6 is 0 Å². The number of ether oxygens (including phenoxy) is 1. The fourth-order valence-corrected chi connectivity index (χ4v) is 3.17. The summed E-state index contributed by atoms with van der Waals surface area (Å²) in [5.74, 6) is 0. The molecule has 0 saturated carbocycles. The number of aliphatic hydroxyl groups is 4. The van der Waals surface area contributed by atoms with Crippen LogP contribution < -0.4 is 0 Å². The van der Waals surface area contributed by atoms with Gasteiger partial charge in [-0.3, -0.25) is 0 Å². The molecule has 5 heteroatoms. The van der Waals surface area contributed by atoms with Crippen LogP contribution in [0.3, 0.4) is 0 Å². The molecule has 5 atom stereocenters. The number of aliphatic hydroxyl groups excluding tert-OH is 4. The summed E-state index contributed by atoms with van der Waals surface area (Å²) in [6.45, 7) is -0.430. The van der Waals surface area contributed by atoms with Crippen molar-refractivity contribution in [1.29, 1.82) is 0 Å². The molecule has 0 aromatic heterocycles. The number of hydrogen-bond acceptors (Lipinski definition) is 5. The van der Waals surface area contributed by atoms with E-state index >= 15 is 0 Å². The van der Waals surface area contributed by atoms with Crippen LogP contribution in [0.5, 0.6) is 0 Å². The minimum Gasteiger partial charge on any atom is -0.394 e. The summed E-state index contributed by atoms with van der Waals surface area (Å²) in [7, 11) is 0. The van der Waals surface area contributed by atoms with Crippen LogP contribution in [0.15, 0.2) is 60.7 Å². The third-order valence-electron chi connectivity index (χ3n) is 4.64. The molecule has 0 aliphatic carbocycles. The van der Waals surface area contributed by atoms with E-state index in [1.54, 1.807) is 6.07 Å². The van der Waals surface area contributed by atoms with E-state index in [9.17, 15) is 20.4 Å². The van der Waals surface area contributed by atoms with Crippen molar-refractivity contribution in [1.82, 2.24) is 0 Å². The first-order chi connectivity index (χ1) is 12.6. The van der Waals surface area contributed by atoms with E-state index in [-0.39, 0.29) is 0 Å². The van der Waals surface area contributed by atoms with Crippen LogP contribution in [-0.2, 0) is 11.2 Å². The Hall–Kier alpha value is -2.02. The maximum absolute atomic E-state index is 10.3. The number of rotatable bonds is 5. The lowest BCUT2D eigenvalue weighted by atomic mass is 9.90. The average molecular weight is 356 g/mol. The summed E-state index contributed by atoms with van der Waals surface area (Å²) < 4.78 is 5.62. The maximum atomic E-state index is 10.3. The zero-order valence-corrected chi connectivity index (χ0v) is 14.3. The Labute approximate surface area is 152 Å². The van der Waals surface area contributed by atoms with Gasteiger partial charge in [0, 0.05) is 0 Å². The molecular formula is C21H24O5. The van der Waals surface area contributed by atoms with Crippen LogP contribution in [-0.4, -0.2) is 51.4 Å². The first kappa shape index (κ1) is 18.8. The molecule has 3 rings (SSSR count). The van der Waals surface area contributed by atoms with Crippen LogP contribution in [0.2, 0.25) is 0 Å². The Morgan fingerprint density at radius 1 is 0.885 bits per heavy atom. The van der Waals surface area contributed by atoms with Gasteiger partial charge in [0.05, 0.1) is 6.61 Å². The third kappa shape index (κ3) is 4.20. The fraction of sp³-hybridized carbons (Fsp3) is 0.333. The van der Waals surface area contributed by atoms with Crippen molar-refractivity contribution in [2.45, 2.75) is 36.9 Å². The van der Waals surface area contributed by atoms with Crippen LogP contribution in [0.1, 0.15) is 22.8 Å². The van der Waals surface area contributed by atoms with Gasteiger partial charge in [-0.25, -0.2) is 0 Å². The lowest BCUT2D eigenvalue weighted by molar-refractivity contribution is -0.231. The number of allylic oxidation sites excluding steroid dienone is 1. The largest absolute Gasteiger partial charge is 0.394 e. The van der Waals surface area contributed by atoms with Crippen molar-refractivity contribution in [3.8, 4) is 0 Å². The molecule has 1 aliphatic rings. The second-order valence-corrected chi connectivity index (χ2v) is 6.51. The maximum Gasteiger partial charge on any atom is 0.113 e. The summed E-state index contributed by atoms with van der Waals surface area (Å²) in [5.41, 5.74) is 2.86. The molecule has 0 amide bonds. The normalized spacial score (nSPS) is 29.2. The molecule has 2 aromatic carbocycles. The van der Waals surface area contributed by atoms with E-state index in [1.807, 2.05) is 54.6 Å². The van der Waals surface area contributed by atoms with Gasteiger partial charge in [-0.15, -0.1) is 0 Å². The Bertz CT molecular complexity index is 728. The van der Waals surface area contributed by atoms with Gasteiger partial charge < -0.3 is 25.2 Å². The SMILES string of the molecule is OC[C@H]1O[C@H](c2cccc(C/C=C/c3ccccc3)c2)[C@@H](O)[C@@H](O)[C@@H]1O. The monoisotopic (exact) mass is 356 g/mol. The molecule has 138 valence electrons. The summed E-state index contributed by atoms with van der Waals surface area (Å²) >= 11 is 0. The molecule has 5 nitrogen and oxygen atoms in total. The Morgan fingerprint density at radius 2 is 1.65 bits per heavy atom. The average Bonchev–Trinajstić information content (AvgIpc) is 2.67. The molecule has 0 unspecified atom stereocenters. The molecule has 0 radical (unpaired) electrons. The van der Waals surface area contributed by atoms with E-state index in [2.05, 4.69) is 6.08 Å². The summed E-state index contributed by atoms with van der Waals surface area (Å²) in [4.78, 5) is 0. The predicted molar refractivity (Wildman–Crippen MR) is 98.3 cm³/mol. The molecule has 1 aliphatic heterocycles. The summed E-state index contributed by atoms with van der Waals surface area (Å²) in [6.07, 6.45) is -0.870. The highest BCUT2D eigenvalue weighted by Gasteiger charge is 2.43. The second-order valence-electron chi connectivity index (χ2n) is 6.51. The lowest BCUT2D eigenvalue weighted by Crippen LogP contribution is -2.55. The van der Waals surface area contributed by atoms with Gasteiger partial charge in [0.25, 0.3) is 0 Å². The molecular weight excluding hydrogens is 332 g/mol. The standard InChI is InChI=1S/C21H24O5/c22-13-17-18(23)19(24)20(25)21(26-17)16-11-5-10-15(12-16)9-4-8-14-6-2-1-3-7-14/h1-8,10-12,17-25H,9,13H2/b8-4+/t17-,18-,19+,20+,21-/m1/s1. The summed E-state index contributed by atoms with van der Waals surface area (Å²) in [6, 6.07) is 17.5. The first-order valence-electron chi connectivity index (χ1n) is 8.71. The topological polar surface area (TPSA) is 90.2 Å². The van der Waals surface area contributed by atoms with Crippen LogP contribution in [0, 0.1) is 0 Å². The van der Waals surface area contributed by atoms with Gasteiger partial charge >= 0.3 is 0 Å². The zero-order chi connectivity index (χ0) is 18.5. The van der Waals surface area contributed by atoms with Crippen LogP contribution in [0.25, 0.3) is 6.08 Å². The van der Waals surface area contributed by atoms with Gasteiger partial charge in [0.15, 0.2) is 0 Å². The van der Waals surface area contributed by atoms with E-state index in [4.69, 9.17) is 4.74 Å². The van der Waals surface area contributed by atoms with E-state index in [0.29, 0.717) is 12.0 Å². The van der Waals surface area contributed by atoms with Crippen molar-refractivity contribution >= 4 is 6.08 Å². The predicted octanol–water partition coefficient (Wildman–Crippen LogP) is 1.46. The highest BCUT2D eigenvalue weighted by atomic mass is 16.5. The van der Waals surface area contributed by atoms with Gasteiger partial charge in [-0.2, -0.15) is 0 Å². The molecule has 1 heterocycles. The second kappa shape index (κ2) is 8.58. The Morgan fingerprint density at radius 3 is 2.38 bits per heavy atom. The molecule has 26 heavy (non-hydrogen) atoms. The van der Waals surface area contributed by atoms with Gasteiger partial charge in [-0.1, -0.05) is 66.7 Å². The smallest absolute Gasteiger partial charge is 0.113 e. The molecule has 4 N–H and O–H groups in total. The highest BCUT2D eigenvalue weighted by molar-refractivity contribution is 5.49. The van der Waals surface area contributed by atoms with E-state index in [1.165, 1.54) is 0 Å². The van der Waals surface area contributed by atoms with Gasteiger partial charge in [0.1, 0.15) is 30.5 Å². The third-order valence-corrected chi connectivity index (χ3v) is 4.64.